The average Bonchev–Trinajstić information content (AvgIpc) is 2.34. The maximum absolute atomic E-state index is 13.7. The molecule has 1 fully saturated rings. The second-order valence-electron chi connectivity index (χ2n) is 5.16. The van der Waals surface area contributed by atoms with E-state index in [1.54, 1.807) is 12.1 Å². The van der Waals surface area contributed by atoms with Gasteiger partial charge in [0.05, 0.1) is 6.10 Å². The molecule has 18 heavy (non-hydrogen) atoms. The van der Waals surface area contributed by atoms with Crippen LogP contribution in [0.25, 0.3) is 0 Å². The summed E-state index contributed by atoms with van der Waals surface area (Å²) < 4.78 is 13.7. The topological polar surface area (TPSA) is 49.5 Å². The standard InChI is InChI=1S/C14H21FN2O/c1-10(18)11-5-7-17(8-6-11)9-12-13(15)3-2-4-14(12)16/h2-4,10-11,18H,5-9,16H2,1H3. The number of benzene rings is 1. The van der Waals surface area contributed by atoms with Crippen LogP contribution in [0.3, 0.4) is 0 Å². The Morgan fingerprint density at radius 2 is 2.11 bits per heavy atom. The molecule has 0 saturated carbocycles. The van der Waals surface area contributed by atoms with Gasteiger partial charge in [-0.1, -0.05) is 6.07 Å². The van der Waals surface area contributed by atoms with Crippen molar-refractivity contribution in [2.45, 2.75) is 32.4 Å². The van der Waals surface area contributed by atoms with E-state index >= 15 is 0 Å². The van der Waals surface area contributed by atoms with Crippen LogP contribution in [0.2, 0.25) is 0 Å². The lowest BCUT2D eigenvalue weighted by Gasteiger charge is -2.33. The minimum absolute atomic E-state index is 0.229. The Morgan fingerprint density at radius 3 is 2.67 bits per heavy atom. The van der Waals surface area contributed by atoms with Crippen molar-refractivity contribution in [1.82, 2.24) is 4.90 Å². The lowest BCUT2D eigenvalue weighted by atomic mass is 9.92. The van der Waals surface area contributed by atoms with Crippen molar-refractivity contribution in [3.63, 3.8) is 0 Å². The van der Waals surface area contributed by atoms with E-state index in [1.165, 1.54) is 6.07 Å². The molecule has 1 atom stereocenters. The third-order valence-electron chi connectivity index (χ3n) is 3.85. The molecule has 1 aliphatic heterocycles. The molecule has 0 spiro atoms. The highest BCUT2D eigenvalue weighted by molar-refractivity contribution is 5.47. The summed E-state index contributed by atoms with van der Waals surface area (Å²) in [6.45, 7) is 4.19. The van der Waals surface area contributed by atoms with E-state index in [1.807, 2.05) is 6.92 Å². The molecule has 1 saturated heterocycles. The van der Waals surface area contributed by atoms with Crippen molar-refractivity contribution in [3.05, 3.63) is 29.6 Å². The molecule has 1 heterocycles. The highest BCUT2D eigenvalue weighted by atomic mass is 19.1. The largest absolute Gasteiger partial charge is 0.398 e. The van der Waals surface area contributed by atoms with Gasteiger partial charge in [0, 0.05) is 17.8 Å². The predicted molar refractivity (Wildman–Crippen MR) is 70.5 cm³/mol. The van der Waals surface area contributed by atoms with Crippen LogP contribution in [0.5, 0.6) is 0 Å². The van der Waals surface area contributed by atoms with Gasteiger partial charge in [-0.3, -0.25) is 4.90 Å². The van der Waals surface area contributed by atoms with Crippen molar-refractivity contribution < 1.29 is 9.50 Å². The number of nitrogen functional groups attached to an aromatic ring is 1. The van der Waals surface area contributed by atoms with Crippen molar-refractivity contribution >= 4 is 5.69 Å². The van der Waals surface area contributed by atoms with Gasteiger partial charge < -0.3 is 10.8 Å². The molecule has 1 aromatic rings. The fourth-order valence-electron chi connectivity index (χ4n) is 2.56. The minimum atomic E-state index is -0.245. The smallest absolute Gasteiger partial charge is 0.129 e. The Balaban J connectivity index is 1.96. The molecule has 0 bridgehead atoms. The van der Waals surface area contributed by atoms with Crippen LogP contribution in [0.4, 0.5) is 10.1 Å². The maximum atomic E-state index is 13.7. The number of halogens is 1. The Hall–Kier alpha value is -1.13. The minimum Gasteiger partial charge on any atom is -0.398 e. The lowest BCUT2D eigenvalue weighted by molar-refractivity contribution is 0.0692. The van der Waals surface area contributed by atoms with E-state index in [-0.39, 0.29) is 11.9 Å². The van der Waals surface area contributed by atoms with Gasteiger partial charge in [0.1, 0.15) is 5.82 Å². The maximum Gasteiger partial charge on any atom is 0.129 e. The molecule has 0 aliphatic carbocycles. The molecule has 0 aromatic heterocycles. The number of rotatable bonds is 3. The van der Waals surface area contributed by atoms with E-state index in [0.717, 1.165) is 25.9 Å². The molecule has 4 heteroatoms. The van der Waals surface area contributed by atoms with Crippen LogP contribution in [-0.2, 0) is 6.54 Å². The summed E-state index contributed by atoms with van der Waals surface area (Å²) >= 11 is 0. The normalized spacial score (nSPS) is 19.9. The summed E-state index contributed by atoms with van der Waals surface area (Å²) in [5.41, 5.74) is 6.92. The second kappa shape index (κ2) is 5.67. The summed E-state index contributed by atoms with van der Waals surface area (Å²) in [5, 5.41) is 9.54. The van der Waals surface area contributed by atoms with Gasteiger partial charge in [0.2, 0.25) is 0 Å². The lowest BCUT2D eigenvalue weighted by Crippen LogP contribution is -2.36. The van der Waals surface area contributed by atoms with Gasteiger partial charge in [0.25, 0.3) is 0 Å². The summed E-state index contributed by atoms with van der Waals surface area (Å²) in [4.78, 5) is 2.20. The number of aliphatic hydroxyl groups is 1. The van der Waals surface area contributed by atoms with Crippen LogP contribution in [0.1, 0.15) is 25.3 Å². The van der Waals surface area contributed by atoms with Crippen molar-refractivity contribution in [1.29, 1.82) is 0 Å². The third kappa shape index (κ3) is 3.00. The van der Waals surface area contributed by atoms with Gasteiger partial charge in [0.15, 0.2) is 0 Å². The molecular weight excluding hydrogens is 231 g/mol. The first-order valence-corrected chi connectivity index (χ1v) is 6.51. The SMILES string of the molecule is CC(O)C1CCN(Cc2c(N)cccc2F)CC1. The first kappa shape index (κ1) is 13.3. The Kier molecular flexibility index (Phi) is 4.19. The average molecular weight is 252 g/mol. The number of hydrogen-bond donors (Lipinski definition) is 2. The fraction of sp³-hybridized carbons (Fsp3) is 0.571. The number of piperidine rings is 1. The van der Waals surface area contributed by atoms with E-state index in [2.05, 4.69) is 4.90 Å². The molecule has 2 rings (SSSR count). The van der Waals surface area contributed by atoms with Crippen LogP contribution in [-0.4, -0.2) is 29.2 Å². The molecule has 3 N–H and O–H groups in total. The summed E-state index contributed by atoms with van der Waals surface area (Å²) in [6, 6.07) is 4.82. The summed E-state index contributed by atoms with van der Waals surface area (Å²) in [6.07, 6.45) is 1.68. The molecule has 3 nitrogen and oxygen atoms in total. The molecule has 0 amide bonds. The van der Waals surface area contributed by atoms with Crippen molar-refractivity contribution in [2.24, 2.45) is 5.92 Å². The van der Waals surface area contributed by atoms with E-state index < -0.39 is 0 Å². The molecule has 100 valence electrons. The monoisotopic (exact) mass is 252 g/mol. The van der Waals surface area contributed by atoms with Crippen molar-refractivity contribution in [2.75, 3.05) is 18.8 Å². The Labute approximate surface area is 107 Å². The quantitative estimate of drug-likeness (QED) is 0.809. The van der Waals surface area contributed by atoms with Gasteiger partial charge >= 0.3 is 0 Å². The highest BCUT2D eigenvalue weighted by Crippen LogP contribution is 2.24. The fourth-order valence-corrected chi connectivity index (χ4v) is 2.56. The number of nitrogens with two attached hydrogens (primary N) is 1. The molecular formula is C14H21FN2O. The van der Waals surface area contributed by atoms with E-state index in [0.29, 0.717) is 23.7 Å². The molecule has 0 radical (unpaired) electrons. The van der Waals surface area contributed by atoms with Crippen LogP contribution in [0.15, 0.2) is 18.2 Å². The molecule has 1 aliphatic rings. The number of nitrogens with zero attached hydrogens (tertiary/aromatic N) is 1. The Bertz CT molecular complexity index is 381. The zero-order valence-corrected chi connectivity index (χ0v) is 10.8. The van der Waals surface area contributed by atoms with Crippen molar-refractivity contribution in [3.8, 4) is 0 Å². The summed E-state index contributed by atoms with van der Waals surface area (Å²) in [7, 11) is 0. The van der Waals surface area contributed by atoms with Gasteiger partial charge in [-0.25, -0.2) is 4.39 Å². The van der Waals surface area contributed by atoms with Gasteiger partial charge in [-0.15, -0.1) is 0 Å². The first-order valence-electron chi connectivity index (χ1n) is 6.51. The molecule has 1 unspecified atom stereocenters. The number of likely N-dealkylation sites (tertiary alicyclic amines) is 1. The van der Waals surface area contributed by atoms with Crippen LogP contribution in [0, 0.1) is 11.7 Å². The molecule has 1 aromatic carbocycles. The van der Waals surface area contributed by atoms with E-state index in [4.69, 9.17) is 5.73 Å². The van der Waals surface area contributed by atoms with Crippen LogP contribution < -0.4 is 5.73 Å². The number of hydrogen-bond acceptors (Lipinski definition) is 3. The third-order valence-corrected chi connectivity index (χ3v) is 3.85. The highest BCUT2D eigenvalue weighted by Gasteiger charge is 2.23. The summed E-state index contributed by atoms with van der Waals surface area (Å²) in [5.74, 6) is 0.145. The van der Waals surface area contributed by atoms with Gasteiger partial charge in [-0.2, -0.15) is 0 Å². The number of anilines is 1. The van der Waals surface area contributed by atoms with Gasteiger partial charge in [-0.05, 0) is 50.9 Å². The zero-order chi connectivity index (χ0) is 13.1. The van der Waals surface area contributed by atoms with E-state index in [9.17, 15) is 9.50 Å². The first-order chi connectivity index (χ1) is 8.58. The Morgan fingerprint density at radius 1 is 1.44 bits per heavy atom. The van der Waals surface area contributed by atoms with Crippen LogP contribution >= 0.6 is 0 Å². The predicted octanol–water partition coefficient (Wildman–Crippen LogP) is 2.00. The number of aliphatic hydroxyl groups excluding tert-OH is 1. The zero-order valence-electron chi connectivity index (χ0n) is 10.8. The second-order valence-corrected chi connectivity index (χ2v) is 5.16.